The van der Waals surface area contributed by atoms with E-state index in [2.05, 4.69) is 0 Å². The molecule has 1 heterocycles. The molecule has 1 aromatic rings. The molecular weight excluding hydrogens is 303 g/mol. The van der Waals surface area contributed by atoms with Crippen molar-refractivity contribution in [3.8, 4) is 0 Å². The molecule has 1 saturated heterocycles. The van der Waals surface area contributed by atoms with Gasteiger partial charge in [-0.05, 0) is 17.7 Å². The van der Waals surface area contributed by atoms with Crippen molar-refractivity contribution in [2.45, 2.75) is 12.7 Å². The van der Waals surface area contributed by atoms with Gasteiger partial charge in [-0.2, -0.15) is 13.2 Å². The topological polar surface area (TPSA) is 74.7 Å². The Morgan fingerprint density at radius 1 is 1.18 bits per heavy atom. The van der Waals surface area contributed by atoms with Crippen LogP contribution in [-0.4, -0.2) is 27.8 Å². The van der Waals surface area contributed by atoms with E-state index in [0.717, 1.165) is 17.0 Å². The van der Waals surface area contributed by atoms with Crippen molar-refractivity contribution in [3.63, 3.8) is 0 Å². The molecule has 1 N–H and O–H groups in total. The molecule has 1 aliphatic heterocycles. The van der Waals surface area contributed by atoms with Crippen LogP contribution >= 0.6 is 0 Å². The number of alkyl halides is 3. The van der Waals surface area contributed by atoms with E-state index < -0.39 is 47.3 Å². The molecule has 5 nitrogen and oxygen atoms in total. The minimum atomic E-state index is -4.51. The first kappa shape index (κ1) is 14.6. The second kappa shape index (κ2) is 4.56. The zero-order chi connectivity index (χ0) is 16.2. The maximum atomic E-state index is 12.6. The molecule has 8 heteroatoms. The van der Waals surface area contributed by atoms with Crippen molar-refractivity contribution < 1.29 is 32.7 Å². The predicted octanol–water partition coefficient (Wildman–Crippen LogP) is 1.52. The summed E-state index contributed by atoms with van der Waals surface area (Å²) in [7, 11) is 0. The molecule has 22 heavy (non-hydrogen) atoms. The van der Waals surface area contributed by atoms with Gasteiger partial charge in [-0.3, -0.25) is 19.3 Å². The summed E-state index contributed by atoms with van der Waals surface area (Å²) in [5.74, 6) is -5.17. The number of fused-ring (bicyclic) bond motifs is 1. The molecule has 2 amide bonds. The number of aliphatic carboxylic acids is 1. The lowest BCUT2D eigenvalue weighted by atomic mass is 10.1. The fraction of sp³-hybridized carbons (Fsp3) is 0.357. The number of rotatable bonds is 3. The van der Waals surface area contributed by atoms with Gasteiger partial charge < -0.3 is 5.11 Å². The molecule has 2 aliphatic rings. The van der Waals surface area contributed by atoms with Crippen molar-refractivity contribution in [1.29, 1.82) is 0 Å². The molecule has 1 saturated carbocycles. The summed E-state index contributed by atoms with van der Waals surface area (Å²) in [5.41, 5.74) is -0.692. The summed E-state index contributed by atoms with van der Waals surface area (Å²) < 4.78 is 37.9. The molecule has 3 rings (SSSR count). The Labute approximate surface area is 122 Å². The van der Waals surface area contributed by atoms with Gasteiger partial charge in [0.1, 0.15) is 0 Å². The van der Waals surface area contributed by atoms with Crippen molar-refractivity contribution in [1.82, 2.24) is 4.90 Å². The van der Waals surface area contributed by atoms with Crippen LogP contribution in [0.15, 0.2) is 24.3 Å². The van der Waals surface area contributed by atoms with Crippen LogP contribution in [0.3, 0.4) is 0 Å². The van der Waals surface area contributed by atoms with E-state index >= 15 is 0 Å². The number of hydrogen-bond donors (Lipinski definition) is 1. The van der Waals surface area contributed by atoms with Crippen molar-refractivity contribution in [2.24, 2.45) is 17.8 Å². The average molecular weight is 313 g/mol. The lowest BCUT2D eigenvalue weighted by molar-refractivity contribution is -0.149. The summed E-state index contributed by atoms with van der Waals surface area (Å²) in [4.78, 5) is 35.6. The van der Waals surface area contributed by atoms with Gasteiger partial charge in [-0.1, -0.05) is 12.1 Å². The zero-order valence-electron chi connectivity index (χ0n) is 11.0. The minimum absolute atomic E-state index is 0.171. The highest BCUT2D eigenvalue weighted by Crippen LogP contribution is 2.53. The van der Waals surface area contributed by atoms with Crippen LogP contribution in [0.5, 0.6) is 0 Å². The lowest BCUT2D eigenvalue weighted by Gasteiger charge is -2.18. The summed E-state index contributed by atoms with van der Waals surface area (Å²) >= 11 is 0. The number of carbonyl (C=O) groups excluding carboxylic acids is 2. The number of carboxylic acids is 1. The molecule has 0 aromatic heterocycles. The van der Waals surface area contributed by atoms with Crippen molar-refractivity contribution in [3.05, 3.63) is 35.4 Å². The van der Waals surface area contributed by atoms with E-state index in [-0.39, 0.29) is 12.1 Å². The first-order valence-electron chi connectivity index (χ1n) is 6.46. The van der Waals surface area contributed by atoms with Crippen LogP contribution in [0.25, 0.3) is 0 Å². The molecule has 116 valence electrons. The van der Waals surface area contributed by atoms with Crippen LogP contribution in [0.1, 0.15) is 11.1 Å². The van der Waals surface area contributed by atoms with Crippen LogP contribution in [0.2, 0.25) is 0 Å². The molecule has 0 radical (unpaired) electrons. The number of benzene rings is 1. The summed E-state index contributed by atoms with van der Waals surface area (Å²) in [6, 6.07) is 4.35. The van der Waals surface area contributed by atoms with E-state index in [1.807, 2.05) is 0 Å². The number of carboxylic acid groups (broad SMARTS) is 1. The monoisotopic (exact) mass is 313 g/mol. The third-order valence-corrected chi connectivity index (χ3v) is 4.00. The molecule has 0 bridgehead atoms. The molecule has 0 spiro atoms. The Bertz CT molecular complexity index is 663. The average Bonchev–Trinajstić information content (AvgIpc) is 3.13. The lowest BCUT2D eigenvalue weighted by Crippen LogP contribution is -2.35. The number of amides is 2. The highest BCUT2D eigenvalue weighted by atomic mass is 19.4. The van der Waals surface area contributed by atoms with E-state index in [0.29, 0.717) is 0 Å². The quantitative estimate of drug-likeness (QED) is 0.859. The summed E-state index contributed by atoms with van der Waals surface area (Å²) in [6.45, 7) is -0.277. The maximum Gasteiger partial charge on any atom is 0.416 e. The van der Waals surface area contributed by atoms with Gasteiger partial charge >= 0.3 is 12.1 Å². The SMILES string of the molecule is O=C(O)C1C2C(=O)N(Cc3cccc(C(F)(F)F)c3)C(=O)C12. The number of hydrogen-bond acceptors (Lipinski definition) is 3. The van der Waals surface area contributed by atoms with Crippen LogP contribution < -0.4 is 0 Å². The van der Waals surface area contributed by atoms with Gasteiger partial charge in [-0.25, -0.2) is 0 Å². The second-order valence-electron chi connectivity index (χ2n) is 5.38. The molecular formula is C14H10F3NO4. The normalized spacial score (nSPS) is 27.0. The standard InChI is InChI=1S/C14H10F3NO4/c15-14(16,17)7-3-1-2-6(4-7)5-18-11(19)8-9(12(18)20)10(8)13(21)22/h1-4,8-10H,5H2,(H,21,22). The number of likely N-dealkylation sites (tertiary alicyclic amines) is 1. The second-order valence-corrected chi connectivity index (χ2v) is 5.38. The predicted molar refractivity (Wildman–Crippen MR) is 65.1 cm³/mol. The molecule has 1 aliphatic carbocycles. The first-order chi connectivity index (χ1) is 10.2. The van der Waals surface area contributed by atoms with E-state index in [9.17, 15) is 27.6 Å². The third kappa shape index (κ3) is 2.15. The van der Waals surface area contributed by atoms with Crippen LogP contribution in [-0.2, 0) is 27.1 Å². The number of imide groups is 1. The third-order valence-electron chi connectivity index (χ3n) is 4.00. The Hall–Kier alpha value is -2.38. The van der Waals surface area contributed by atoms with Gasteiger partial charge in [0.2, 0.25) is 11.8 Å². The summed E-state index contributed by atoms with van der Waals surface area (Å²) in [6.07, 6.45) is -4.51. The van der Waals surface area contributed by atoms with Gasteiger partial charge in [0.25, 0.3) is 0 Å². The zero-order valence-corrected chi connectivity index (χ0v) is 11.0. The maximum absolute atomic E-state index is 12.6. The van der Waals surface area contributed by atoms with Crippen LogP contribution in [0.4, 0.5) is 13.2 Å². The Kier molecular flexibility index (Phi) is 3.01. The molecule has 2 atom stereocenters. The van der Waals surface area contributed by atoms with E-state index in [1.54, 1.807) is 0 Å². The summed E-state index contributed by atoms with van der Waals surface area (Å²) in [5, 5.41) is 8.85. The van der Waals surface area contributed by atoms with Crippen LogP contribution in [0, 0.1) is 17.8 Å². The highest BCUT2D eigenvalue weighted by molar-refractivity contribution is 6.13. The smallest absolute Gasteiger partial charge is 0.416 e. The fourth-order valence-electron chi connectivity index (χ4n) is 2.89. The van der Waals surface area contributed by atoms with Crippen molar-refractivity contribution in [2.75, 3.05) is 0 Å². The Morgan fingerprint density at radius 3 is 2.27 bits per heavy atom. The Morgan fingerprint density at radius 2 is 1.77 bits per heavy atom. The Balaban J connectivity index is 1.77. The van der Waals surface area contributed by atoms with Gasteiger partial charge in [-0.15, -0.1) is 0 Å². The minimum Gasteiger partial charge on any atom is -0.481 e. The number of halogens is 3. The molecule has 2 fully saturated rings. The van der Waals surface area contributed by atoms with Gasteiger partial charge in [0, 0.05) is 0 Å². The largest absolute Gasteiger partial charge is 0.481 e. The number of carbonyl (C=O) groups is 3. The van der Waals surface area contributed by atoms with E-state index in [1.165, 1.54) is 12.1 Å². The van der Waals surface area contributed by atoms with Gasteiger partial charge in [0.15, 0.2) is 0 Å². The molecule has 1 aromatic carbocycles. The first-order valence-corrected chi connectivity index (χ1v) is 6.46. The van der Waals surface area contributed by atoms with Gasteiger partial charge in [0.05, 0.1) is 29.9 Å². The molecule has 2 unspecified atom stereocenters. The van der Waals surface area contributed by atoms with Crippen molar-refractivity contribution >= 4 is 17.8 Å². The number of piperidine rings is 1. The fourth-order valence-corrected chi connectivity index (χ4v) is 2.89. The van der Waals surface area contributed by atoms with E-state index in [4.69, 9.17) is 5.11 Å². The number of nitrogens with zero attached hydrogens (tertiary/aromatic N) is 1. The highest BCUT2D eigenvalue weighted by Gasteiger charge is 2.70.